The molecular weight excluding hydrogens is 420 g/mol. The molecule has 0 saturated heterocycles. The zero-order chi connectivity index (χ0) is 21.3. The molecule has 3 rings (SSSR count). The summed E-state index contributed by atoms with van der Waals surface area (Å²) in [4.78, 5) is 12.3. The maximum atomic E-state index is 12.3. The lowest BCUT2D eigenvalue weighted by molar-refractivity contribution is -0.116. The Labute approximate surface area is 186 Å². The van der Waals surface area contributed by atoms with Crippen LogP contribution >= 0.6 is 23.4 Å². The van der Waals surface area contributed by atoms with E-state index in [0.29, 0.717) is 37.7 Å². The molecule has 0 aliphatic heterocycles. The molecule has 0 spiro atoms. The maximum absolute atomic E-state index is 12.3. The summed E-state index contributed by atoms with van der Waals surface area (Å²) >= 11 is 7.76. The number of benzene rings is 2. The van der Waals surface area contributed by atoms with Crippen LogP contribution in [0.5, 0.6) is 5.75 Å². The Morgan fingerprint density at radius 3 is 2.70 bits per heavy atom. The lowest BCUT2D eigenvalue weighted by atomic mass is 10.2. The Balaban J connectivity index is 1.49. The van der Waals surface area contributed by atoms with Crippen LogP contribution in [0.15, 0.2) is 53.7 Å². The average Bonchev–Trinajstić information content (AvgIpc) is 3.13. The van der Waals surface area contributed by atoms with Crippen molar-refractivity contribution in [3.05, 3.63) is 64.7 Å². The van der Waals surface area contributed by atoms with Crippen LogP contribution in [0, 0.1) is 6.92 Å². The van der Waals surface area contributed by atoms with Crippen LogP contribution in [0.1, 0.15) is 30.9 Å². The molecule has 2 aromatic carbocycles. The number of rotatable bonds is 10. The van der Waals surface area contributed by atoms with E-state index in [0.717, 1.165) is 27.1 Å². The number of aryl methyl sites for hydroxylation is 1. The molecule has 0 bridgehead atoms. The van der Waals surface area contributed by atoms with Crippen molar-refractivity contribution < 1.29 is 9.53 Å². The van der Waals surface area contributed by atoms with Crippen molar-refractivity contribution in [3.8, 4) is 5.75 Å². The van der Waals surface area contributed by atoms with Gasteiger partial charge in [-0.1, -0.05) is 59.8 Å². The van der Waals surface area contributed by atoms with Gasteiger partial charge in [-0.3, -0.25) is 14.7 Å². The molecule has 0 unspecified atom stereocenters. The second-order valence-corrected chi connectivity index (χ2v) is 8.05. The van der Waals surface area contributed by atoms with Gasteiger partial charge < -0.3 is 4.74 Å². The third-order valence-corrected chi connectivity index (χ3v) is 5.88. The number of carbonyl (C=O) groups excluding carboxylic acids is 1. The highest BCUT2D eigenvalue weighted by molar-refractivity contribution is 7.98. The number of anilines is 1. The number of amides is 1. The van der Waals surface area contributed by atoms with Gasteiger partial charge in [-0.05, 0) is 43.5 Å². The number of hydrogen-bond donors (Lipinski definition) is 1. The lowest BCUT2D eigenvalue weighted by Gasteiger charge is -2.10. The van der Waals surface area contributed by atoms with Crippen LogP contribution in [0.25, 0.3) is 0 Å². The van der Waals surface area contributed by atoms with E-state index in [1.807, 2.05) is 66.9 Å². The summed E-state index contributed by atoms with van der Waals surface area (Å²) in [5.74, 6) is 1.89. The molecule has 0 radical (unpaired) electrons. The lowest BCUT2D eigenvalue weighted by Crippen LogP contribution is -2.16. The molecule has 1 amide bonds. The smallest absolute Gasteiger partial charge is 0.231 e. The van der Waals surface area contributed by atoms with Gasteiger partial charge in [-0.2, -0.15) is 0 Å². The quantitative estimate of drug-likeness (QED) is 0.337. The monoisotopic (exact) mass is 444 g/mol. The van der Waals surface area contributed by atoms with E-state index in [1.165, 1.54) is 0 Å². The first-order valence-electron chi connectivity index (χ1n) is 9.86. The van der Waals surface area contributed by atoms with Gasteiger partial charge in [-0.25, -0.2) is 0 Å². The van der Waals surface area contributed by atoms with Crippen LogP contribution < -0.4 is 10.1 Å². The third-order valence-electron chi connectivity index (χ3n) is 4.50. The van der Waals surface area contributed by atoms with Crippen molar-refractivity contribution in [3.63, 3.8) is 0 Å². The van der Waals surface area contributed by atoms with Crippen molar-refractivity contribution in [1.82, 2.24) is 14.8 Å². The minimum atomic E-state index is -0.104. The van der Waals surface area contributed by atoms with Gasteiger partial charge in [0.1, 0.15) is 5.75 Å². The Kier molecular flexibility index (Phi) is 8.16. The number of aromatic nitrogens is 3. The molecule has 8 heteroatoms. The van der Waals surface area contributed by atoms with Crippen LogP contribution in [0.3, 0.4) is 0 Å². The molecular formula is C22H25ClN4O2S. The first-order chi connectivity index (χ1) is 14.6. The van der Waals surface area contributed by atoms with Crippen molar-refractivity contribution in [1.29, 1.82) is 0 Å². The number of halogens is 1. The molecule has 0 aliphatic rings. The predicted molar refractivity (Wildman–Crippen MR) is 121 cm³/mol. The Morgan fingerprint density at radius 1 is 1.17 bits per heavy atom. The molecule has 30 heavy (non-hydrogen) atoms. The van der Waals surface area contributed by atoms with E-state index in [2.05, 4.69) is 15.5 Å². The Bertz CT molecular complexity index is 993. The highest BCUT2D eigenvalue weighted by Crippen LogP contribution is 2.27. The normalized spacial score (nSPS) is 10.8. The highest BCUT2D eigenvalue weighted by atomic mass is 35.5. The molecule has 1 aromatic heterocycles. The Morgan fingerprint density at radius 2 is 1.93 bits per heavy atom. The largest absolute Gasteiger partial charge is 0.493 e. The van der Waals surface area contributed by atoms with E-state index in [4.69, 9.17) is 16.3 Å². The van der Waals surface area contributed by atoms with E-state index in [1.54, 1.807) is 11.8 Å². The van der Waals surface area contributed by atoms with Gasteiger partial charge in [0.05, 0.1) is 6.61 Å². The first-order valence-corrected chi connectivity index (χ1v) is 11.2. The minimum absolute atomic E-state index is 0.104. The molecule has 0 atom stereocenters. The van der Waals surface area contributed by atoms with Gasteiger partial charge in [0, 0.05) is 23.7 Å². The predicted octanol–water partition coefficient (Wildman–Crippen LogP) is 5.35. The van der Waals surface area contributed by atoms with Crippen molar-refractivity contribution in [2.75, 3.05) is 11.9 Å². The molecule has 0 aliphatic carbocycles. The fourth-order valence-corrected chi connectivity index (χ4v) is 4.14. The van der Waals surface area contributed by atoms with Crippen molar-refractivity contribution in [2.45, 2.75) is 44.1 Å². The molecule has 158 valence electrons. The SMILES string of the molecule is CCn1c(NC(=O)CCCOc2ccccc2C)nnc1SCc1ccccc1Cl. The topological polar surface area (TPSA) is 69.0 Å². The summed E-state index contributed by atoms with van der Waals surface area (Å²) < 4.78 is 7.63. The fraction of sp³-hybridized carbons (Fsp3) is 0.318. The number of para-hydroxylation sites is 1. The van der Waals surface area contributed by atoms with Crippen LogP contribution in [0.4, 0.5) is 5.95 Å². The van der Waals surface area contributed by atoms with Gasteiger partial charge >= 0.3 is 0 Å². The standard InChI is InChI=1S/C22H25ClN4O2S/c1-3-27-21(25-26-22(27)30-15-17-10-5-6-11-18(17)23)24-20(28)13-8-14-29-19-12-7-4-9-16(19)2/h4-7,9-12H,3,8,13-15H2,1-2H3,(H,24,25,28). The molecule has 1 N–H and O–H groups in total. The number of carbonyl (C=O) groups is 1. The molecule has 1 heterocycles. The number of ether oxygens (including phenoxy) is 1. The van der Waals surface area contributed by atoms with Crippen LogP contribution in [-0.4, -0.2) is 27.3 Å². The maximum Gasteiger partial charge on any atom is 0.231 e. The number of nitrogens with one attached hydrogen (secondary N) is 1. The van der Waals surface area contributed by atoms with Gasteiger partial charge in [0.25, 0.3) is 0 Å². The Hall–Kier alpha value is -2.51. The van der Waals surface area contributed by atoms with Gasteiger partial charge in [-0.15, -0.1) is 10.2 Å². The summed E-state index contributed by atoms with van der Waals surface area (Å²) in [5, 5.41) is 12.7. The van der Waals surface area contributed by atoms with Gasteiger partial charge in [0.15, 0.2) is 5.16 Å². The number of thioether (sulfide) groups is 1. The van der Waals surface area contributed by atoms with Crippen molar-refractivity contribution >= 4 is 35.2 Å². The van der Waals surface area contributed by atoms with E-state index in [9.17, 15) is 4.79 Å². The molecule has 3 aromatic rings. The van der Waals surface area contributed by atoms with Gasteiger partial charge in [0.2, 0.25) is 11.9 Å². The zero-order valence-electron chi connectivity index (χ0n) is 17.1. The van der Waals surface area contributed by atoms with E-state index < -0.39 is 0 Å². The van der Waals surface area contributed by atoms with Crippen LogP contribution in [-0.2, 0) is 17.1 Å². The fourth-order valence-electron chi connectivity index (χ4n) is 2.85. The second-order valence-electron chi connectivity index (χ2n) is 6.70. The second kappa shape index (κ2) is 11.0. The summed E-state index contributed by atoms with van der Waals surface area (Å²) in [7, 11) is 0. The molecule has 0 saturated carbocycles. The first kappa shape index (κ1) is 22.2. The average molecular weight is 445 g/mol. The number of hydrogen-bond acceptors (Lipinski definition) is 5. The molecule has 6 nitrogen and oxygen atoms in total. The summed E-state index contributed by atoms with van der Waals surface area (Å²) in [5.41, 5.74) is 2.12. The highest BCUT2D eigenvalue weighted by Gasteiger charge is 2.14. The van der Waals surface area contributed by atoms with Crippen molar-refractivity contribution in [2.24, 2.45) is 0 Å². The molecule has 0 fully saturated rings. The summed E-state index contributed by atoms with van der Waals surface area (Å²) in [6.45, 7) is 5.14. The summed E-state index contributed by atoms with van der Waals surface area (Å²) in [6.07, 6.45) is 0.971. The minimum Gasteiger partial charge on any atom is -0.493 e. The summed E-state index contributed by atoms with van der Waals surface area (Å²) in [6, 6.07) is 15.6. The third kappa shape index (κ3) is 6.00. The zero-order valence-corrected chi connectivity index (χ0v) is 18.7. The van der Waals surface area contributed by atoms with E-state index in [-0.39, 0.29) is 5.91 Å². The number of nitrogens with zero attached hydrogens (tertiary/aromatic N) is 3. The van der Waals surface area contributed by atoms with E-state index >= 15 is 0 Å². The van der Waals surface area contributed by atoms with Crippen LogP contribution in [0.2, 0.25) is 5.02 Å².